The highest BCUT2D eigenvalue weighted by Gasteiger charge is 2.23. The van der Waals surface area contributed by atoms with E-state index in [0.29, 0.717) is 37.6 Å². The van der Waals surface area contributed by atoms with E-state index in [0.717, 1.165) is 11.1 Å². The third-order valence-electron chi connectivity index (χ3n) is 4.45. The first-order valence-corrected chi connectivity index (χ1v) is 9.61. The summed E-state index contributed by atoms with van der Waals surface area (Å²) in [7, 11) is 0. The number of fused-ring (bicyclic) bond motifs is 1. The Labute approximate surface area is 176 Å². The third kappa shape index (κ3) is 3.51. The molecule has 28 heavy (non-hydrogen) atoms. The van der Waals surface area contributed by atoms with Gasteiger partial charge in [-0.1, -0.05) is 53.0 Å². The standard InChI is InChI=1S/C21H15Cl3N2O2/c1-11-4-5-12-6-7-13(21(27)19(12)25-11)20(18-3-2-8-28-18)26-17-10-15(23)14(22)9-16(17)24/h2-10,20,26-27H,1H3. The summed E-state index contributed by atoms with van der Waals surface area (Å²) in [5.74, 6) is 0.677. The Kier molecular flexibility index (Phi) is 5.11. The van der Waals surface area contributed by atoms with Crippen LogP contribution in [0.1, 0.15) is 23.1 Å². The van der Waals surface area contributed by atoms with Crippen molar-refractivity contribution >= 4 is 51.4 Å². The number of nitrogens with one attached hydrogen (secondary N) is 1. The van der Waals surface area contributed by atoms with Gasteiger partial charge in [0.2, 0.25) is 0 Å². The SMILES string of the molecule is Cc1ccc2ccc(C(Nc3cc(Cl)c(Cl)cc3Cl)c3ccco3)c(O)c2n1. The van der Waals surface area contributed by atoms with Gasteiger partial charge in [-0.3, -0.25) is 0 Å². The molecule has 0 aliphatic heterocycles. The first kappa shape index (κ1) is 18.9. The summed E-state index contributed by atoms with van der Waals surface area (Å²) in [5, 5.41) is 16.2. The van der Waals surface area contributed by atoms with Gasteiger partial charge in [-0.25, -0.2) is 4.98 Å². The van der Waals surface area contributed by atoms with Crippen LogP contribution in [0.3, 0.4) is 0 Å². The Morgan fingerprint density at radius 3 is 2.50 bits per heavy atom. The molecule has 142 valence electrons. The molecule has 0 spiro atoms. The molecule has 0 amide bonds. The average molecular weight is 434 g/mol. The van der Waals surface area contributed by atoms with E-state index in [1.807, 2.05) is 37.3 Å². The molecule has 4 nitrogen and oxygen atoms in total. The number of anilines is 1. The van der Waals surface area contributed by atoms with Crippen molar-refractivity contribution in [3.8, 4) is 5.75 Å². The van der Waals surface area contributed by atoms with Crippen molar-refractivity contribution in [1.82, 2.24) is 4.98 Å². The molecule has 2 N–H and O–H groups in total. The predicted molar refractivity (Wildman–Crippen MR) is 114 cm³/mol. The molecule has 0 aliphatic rings. The minimum Gasteiger partial charge on any atom is -0.505 e. The monoisotopic (exact) mass is 432 g/mol. The van der Waals surface area contributed by atoms with Crippen molar-refractivity contribution in [2.45, 2.75) is 13.0 Å². The van der Waals surface area contributed by atoms with E-state index in [1.165, 1.54) is 0 Å². The van der Waals surface area contributed by atoms with E-state index in [2.05, 4.69) is 10.3 Å². The maximum Gasteiger partial charge on any atom is 0.147 e. The zero-order valence-electron chi connectivity index (χ0n) is 14.7. The molecule has 0 saturated heterocycles. The van der Waals surface area contributed by atoms with Crippen LogP contribution in [-0.4, -0.2) is 10.1 Å². The molecular weight excluding hydrogens is 419 g/mol. The van der Waals surface area contributed by atoms with E-state index < -0.39 is 6.04 Å². The zero-order valence-corrected chi connectivity index (χ0v) is 17.0. The lowest BCUT2D eigenvalue weighted by atomic mass is 10.00. The highest BCUT2D eigenvalue weighted by atomic mass is 35.5. The number of hydrogen-bond acceptors (Lipinski definition) is 4. The van der Waals surface area contributed by atoms with Crippen molar-refractivity contribution in [3.05, 3.63) is 86.9 Å². The maximum absolute atomic E-state index is 11.0. The van der Waals surface area contributed by atoms with Gasteiger partial charge in [-0.2, -0.15) is 0 Å². The quantitative estimate of drug-likeness (QED) is 0.340. The Hall–Kier alpha value is -2.40. The average Bonchev–Trinajstić information content (AvgIpc) is 3.19. The Morgan fingerprint density at radius 1 is 1.00 bits per heavy atom. The van der Waals surface area contributed by atoms with Gasteiger partial charge in [-0.05, 0) is 37.3 Å². The van der Waals surface area contributed by atoms with Crippen molar-refractivity contribution in [1.29, 1.82) is 0 Å². The minimum absolute atomic E-state index is 0.0753. The number of phenolic OH excluding ortho intramolecular Hbond substituents is 1. The van der Waals surface area contributed by atoms with Crippen LogP contribution in [0.4, 0.5) is 5.69 Å². The number of benzene rings is 2. The lowest BCUT2D eigenvalue weighted by Gasteiger charge is -2.21. The van der Waals surface area contributed by atoms with Gasteiger partial charge in [0.15, 0.2) is 0 Å². The van der Waals surface area contributed by atoms with Crippen molar-refractivity contribution < 1.29 is 9.52 Å². The van der Waals surface area contributed by atoms with Gasteiger partial charge in [0, 0.05) is 16.6 Å². The fraction of sp³-hybridized carbons (Fsp3) is 0.0952. The van der Waals surface area contributed by atoms with E-state index in [1.54, 1.807) is 24.5 Å². The van der Waals surface area contributed by atoms with Crippen LogP contribution < -0.4 is 5.32 Å². The number of aromatic nitrogens is 1. The largest absolute Gasteiger partial charge is 0.505 e. The normalized spacial score (nSPS) is 12.3. The molecule has 0 saturated carbocycles. The van der Waals surface area contributed by atoms with Gasteiger partial charge in [0.05, 0.1) is 27.0 Å². The van der Waals surface area contributed by atoms with Crippen LogP contribution in [0.25, 0.3) is 10.9 Å². The zero-order chi connectivity index (χ0) is 19.8. The minimum atomic E-state index is -0.517. The maximum atomic E-state index is 11.0. The van der Waals surface area contributed by atoms with E-state index >= 15 is 0 Å². The second-order valence-corrected chi connectivity index (χ2v) is 7.59. The molecule has 0 radical (unpaired) electrons. The second-order valence-electron chi connectivity index (χ2n) is 6.37. The summed E-state index contributed by atoms with van der Waals surface area (Å²) >= 11 is 18.5. The van der Waals surface area contributed by atoms with Gasteiger partial charge in [0.25, 0.3) is 0 Å². The molecule has 4 rings (SSSR count). The summed E-state index contributed by atoms with van der Waals surface area (Å²) in [4.78, 5) is 4.48. The summed E-state index contributed by atoms with van der Waals surface area (Å²) in [6.07, 6.45) is 1.57. The fourth-order valence-corrected chi connectivity index (χ4v) is 3.67. The second kappa shape index (κ2) is 7.55. The van der Waals surface area contributed by atoms with Gasteiger partial charge in [0.1, 0.15) is 23.1 Å². The van der Waals surface area contributed by atoms with Gasteiger partial charge < -0.3 is 14.8 Å². The van der Waals surface area contributed by atoms with Crippen LogP contribution in [-0.2, 0) is 0 Å². The Bertz CT molecular complexity index is 1160. The van der Waals surface area contributed by atoms with E-state index in [-0.39, 0.29) is 5.75 Å². The number of rotatable bonds is 4. The van der Waals surface area contributed by atoms with Crippen LogP contribution >= 0.6 is 34.8 Å². The highest BCUT2D eigenvalue weighted by Crippen LogP contribution is 2.39. The predicted octanol–water partition coefficient (Wildman–Crippen LogP) is 7.00. The Morgan fingerprint density at radius 2 is 1.75 bits per heavy atom. The van der Waals surface area contributed by atoms with Crippen LogP contribution in [0.2, 0.25) is 15.1 Å². The number of furan rings is 1. The van der Waals surface area contributed by atoms with Gasteiger partial charge >= 0.3 is 0 Å². The number of halogens is 3. The molecule has 2 aromatic carbocycles. The Balaban J connectivity index is 1.85. The molecule has 0 bridgehead atoms. The fourth-order valence-electron chi connectivity index (χ4n) is 3.07. The smallest absolute Gasteiger partial charge is 0.147 e. The number of aromatic hydroxyl groups is 1. The van der Waals surface area contributed by atoms with Crippen molar-refractivity contribution in [2.75, 3.05) is 5.32 Å². The molecule has 2 heterocycles. The molecule has 0 fully saturated rings. The molecule has 1 atom stereocenters. The lowest BCUT2D eigenvalue weighted by molar-refractivity contribution is 0.458. The molecule has 7 heteroatoms. The number of pyridine rings is 1. The summed E-state index contributed by atoms with van der Waals surface area (Å²) in [6, 6.07) is 13.9. The molecule has 2 aromatic heterocycles. The molecule has 0 aliphatic carbocycles. The van der Waals surface area contributed by atoms with E-state index in [9.17, 15) is 5.11 Å². The molecular formula is C21H15Cl3N2O2. The lowest BCUT2D eigenvalue weighted by Crippen LogP contribution is -2.12. The number of aryl methyl sites for hydroxylation is 1. The first-order valence-electron chi connectivity index (χ1n) is 8.48. The number of hydrogen-bond donors (Lipinski definition) is 2. The summed E-state index contributed by atoms with van der Waals surface area (Å²) < 4.78 is 5.61. The van der Waals surface area contributed by atoms with Crippen molar-refractivity contribution in [2.24, 2.45) is 0 Å². The van der Waals surface area contributed by atoms with Crippen LogP contribution in [0, 0.1) is 6.92 Å². The van der Waals surface area contributed by atoms with Gasteiger partial charge in [-0.15, -0.1) is 0 Å². The number of phenols is 1. The topological polar surface area (TPSA) is 58.3 Å². The van der Waals surface area contributed by atoms with E-state index in [4.69, 9.17) is 39.2 Å². The van der Waals surface area contributed by atoms with Crippen molar-refractivity contribution in [3.63, 3.8) is 0 Å². The number of nitrogens with zero attached hydrogens (tertiary/aromatic N) is 1. The molecule has 4 aromatic rings. The summed E-state index contributed by atoms with van der Waals surface area (Å²) in [6.45, 7) is 1.88. The summed E-state index contributed by atoms with van der Waals surface area (Å²) in [5.41, 5.74) is 2.50. The van der Waals surface area contributed by atoms with Crippen LogP contribution in [0.5, 0.6) is 5.75 Å². The third-order valence-corrected chi connectivity index (χ3v) is 5.49. The van der Waals surface area contributed by atoms with Crippen LogP contribution in [0.15, 0.2) is 59.2 Å². The first-order chi connectivity index (χ1) is 13.4. The molecule has 1 unspecified atom stereocenters. The highest BCUT2D eigenvalue weighted by molar-refractivity contribution is 6.44.